The standard InChI is InChI=1S/C15H21ClN2O2/c1-10(19)11-6-7-14(13(16)8-11)18(9-15(17)20)12-4-2-3-5-12/h6-8,10,12,19H,2-5,9H2,1H3,(H2,17,20)/t10-/m0/s1. The van der Waals surface area contributed by atoms with E-state index in [4.69, 9.17) is 17.3 Å². The van der Waals surface area contributed by atoms with Gasteiger partial charge in [0, 0.05) is 6.04 Å². The average molecular weight is 297 g/mol. The Morgan fingerprint density at radius 3 is 2.65 bits per heavy atom. The Morgan fingerprint density at radius 1 is 1.50 bits per heavy atom. The van der Waals surface area contributed by atoms with Gasteiger partial charge in [-0.2, -0.15) is 0 Å². The number of halogens is 1. The zero-order valence-corrected chi connectivity index (χ0v) is 12.4. The zero-order valence-electron chi connectivity index (χ0n) is 11.7. The van der Waals surface area contributed by atoms with Crippen LogP contribution in [0.4, 0.5) is 5.69 Å². The lowest BCUT2D eigenvalue weighted by Gasteiger charge is -2.31. The van der Waals surface area contributed by atoms with Gasteiger partial charge in [0.05, 0.1) is 23.4 Å². The van der Waals surface area contributed by atoms with Crippen molar-refractivity contribution in [1.29, 1.82) is 0 Å². The molecule has 1 atom stereocenters. The molecule has 4 nitrogen and oxygen atoms in total. The largest absolute Gasteiger partial charge is 0.389 e. The van der Waals surface area contributed by atoms with Gasteiger partial charge in [-0.15, -0.1) is 0 Å². The van der Waals surface area contributed by atoms with Gasteiger partial charge in [-0.3, -0.25) is 4.79 Å². The van der Waals surface area contributed by atoms with Gasteiger partial charge in [-0.25, -0.2) is 0 Å². The summed E-state index contributed by atoms with van der Waals surface area (Å²) in [6.45, 7) is 1.88. The molecule has 3 N–H and O–H groups in total. The molecule has 20 heavy (non-hydrogen) atoms. The summed E-state index contributed by atoms with van der Waals surface area (Å²) in [7, 11) is 0. The molecule has 1 aromatic carbocycles. The lowest BCUT2D eigenvalue weighted by atomic mass is 10.1. The summed E-state index contributed by atoms with van der Waals surface area (Å²) in [5.41, 5.74) is 6.95. The number of hydrogen-bond donors (Lipinski definition) is 2. The first kappa shape index (κ1) is 15.1. The van der Waals surface area contributed by atoms with E-state index in [0.29, 0.717) is 11.1 Å². The second-order valence-electron chi connectivity index (χ2n) is 5.42. The van der Waals surface area contributed by atoms with Crippen molar-refractivity contribution >= 4 is 23.2 Å². The van der Waals surface area contributed by atoms with Gasteiger partial charge in [0.1, 0.15) is 0 Å². The van der Waals surface area contributed by atoms with E-state index in [1.807, 2.05) is 17.0 Å². The maximum absolute atomic E-state index is 11.3. The summed E-state index contributed by atoms with van der Waals surface area (Å²) in [6, 6.07) is 5.78. The first-order valence-electron chi connectivity index (χ1n) is 7.01. The summed E-state index contributed by atoms with van der Waals surface area (Å²) in [5, 5.41) is 10.1. The molecule has 0 radical (unpaired) electrons. The predicted molar refractivity (Wildman–Crippen MR) is 80.9 cm³/mol. The molecule has 0 aliphatic heterocycles. The summed E-state index contributed by atoms with van der Waals surface area (Å²) >= 11 is 6.33. The topological polar surface area (TPSA) is 66.6 Å². The number of carbonyl (C=O) groups is 1. The van der Waals surface area contributed by atoms with Gasteiger partial charge in [-0.1, -0.05) is 30.5 Å². The van der Waals surface area contributed by atoms with Crippen LogP contribution in [0.3, 0.4) is 0 Å². The van der Waals surface area contributed by atoms with Crippen LogP contribution < -0.4 is 10.6 Å². The number of aliphatic hydroxyl groups is 1. The highest BCUT2D eigenvalue weighted by Gasteiger charge is 2.25. The van der Waals surface area contributed by atoms with E-state index in [9.17, 15) is 9.90 Å². The molecule has 1 amide bonds. The Labute approximate surface area is 124 Å². The minimum absolute atomic E-state index is 0.179. The van der Waals surface area contributed by atoms with E-state index >= 15 is 0 Å². The number of carbonyl (C=O) groups excluding carboxylic acids is 1. The molecule has 0 spiro atoms. The maximum Gasteiger partial charge on any atom is 0.236 e. The van der Waals surface area contributed by atoms with Crippen LogP contribution in [0.2, 0.25) is 5.02 Å². The molecule has 5 heteroatoms. The third-order valence-corrected chi connectivity index (χ3v) is 4.16. The summed E-state index contributed by atoms with van der Waals surface area (Å²) in [5.74, 6) is -0.354. The van der Waals surface area contributed by atoms with Crippen LogP contribution in [-0.4, -0.2) is 23.6 Å². The number of nitrogens with two attached hydrogens (primary N) is 1. The molecule has 0 heterocycles. The molecule has 1 fully saturated rings. The van der Waals surface area contributed by atoms with Crippen molar-refractivity contribution in [3.8, 4) is 0 Å². The second kappa shape index (κ2) is 6.46. The lowest BCUT2D eigenvalue weighted by Crippen LogP contribution is -2.40. The van der Waals surface area contributed by atoms with Crippen molar-refractivity contribution in [1.82, 2.24) is 0 Å². The summed E-state index contributed by atoms with van der Waals surface area (Å²) in [4.78, 5) is 13.3. The minimum Gasteiger partial charge on any atom is -0.389 e. The average Bonchev–Trinajstić information content (AvgIpc) is 2.89. The van der Waals surface area contributed by atoms with Crippen molar-refractivity contribution < 1.29 is 9.90 Å². The van der Waals surface area contributed by atoms with Crippen LogP contribution in [0.15, 0.2) is 18.2 Å². The predicted octanol–water partition coefficient (Wildman–Crippen LogP) is 2.63. The molecule has 0 bridgehead atoms. The molecule has 110 valence electrons. The quantitative estimate of drug-likeness (QED) is 0.878. The van der Waals surface area contributed by atoms with Crippen molar-refractivity contribution in [2.45, 2.75) is 44.8 Å². The fraction of sp³-hybridized carbons (Fsp3) is 0.533. The third kappa shape index (κ3) is 3.44. The van der Waals surface area contributed by atoms with Crippen molar-refractivity contribution in [3.05, 3.63) is 28.8 Å². The van der Waals surface area contributed by atoms with E-state index in [-0.39, 0.29) is 12.5 Å². The third-order valence-electron chi connectivity index (χ3n) is 3.86. The van der Waals surface area contributed by atoms with Gasteiger partial charge >= 0.3 is 0 Å². The van der Waals surface area contributed by atoms with Crippen LogP contribution in [0.1, 0.15) is 44.3 Å². The van der Waals surface area contributed by atoms with E-state index in [1.54, 1.807) is 13.0 Å². The monoisotopic (exact) mass is 296 g/mol. The maximum atomic E-state index is 11.3. The van der Waals surface area contributed by atoms with Crippen molar-refractivity contribution in [2.75, 3.05) is 11.4 Å². The van der Waals surface area contributed by atoms with Crippen LogP contribution in [0.25, 0.3) is 0 Å². The molecular formula is C15H21ClN2O2. The lowest BCUT2D eigenvalue weighted by molar-refractivity contribution is -0.116. The van der Waals surface area contributed by atoms with Gasteiger partial charge in [-0.05, 0) is 37.5 Å². The number of benzene rings is 1. The van der Waals surface area contributed by atoms with Gasteiger partial charge in [0.15, 0.2) is 0 Å². The van der Waals surface area contributed by atoms with E-state index in [2.05, 4.69) is 0 Å². The minimum atomic E-state index is -0.558. The van der Waals surface area contributed by atoms with Crippen LogP contribution >= 0.6 is 11.6 Å². The molecule has 1 aliphatic rings. The number of rotatable bonds is 5. The second-order valence-corrected chi connectivity index (χ2v) is 5.83. The SMILES string of the molecule is C[C@H](O)c1ccc(N(CC(N)=O)C2CCCC2)c(Cl)c1. The fourth-order valence-corrected chi connectivity index (χ4v) is 3.11. The molecule has 1 aromatic rings. The number of amides is 1. The molecule has 2 rings (SSSR count). The Hall–Kier alpha value is -1.26. The highest BCUT2D eigenvalue weighted by atomic mass is 35.5. The number of hydrogen-bond acceptors (Lipinski definition) is 3. The van der Waals surface area contributed by atoms with Crippen LogP contribution in [-0.2, 0) is 4.79 Å². The Bertz CT molecular complexity index is 485. The smallest absolute Gasteiger partial charge is 0.236 e. The Morgan fingerprint density at radius 2 is 2.15 bits per heavy atom. The van der Waals surface area contributed by atoms with Crippen LogP contribution in [0, 0.1) is 0 Å². The molecule has 0 saturated heterocycles. The van der Waals surface area contributed by atoms with Gasteiger partial charge in [0.25, 0.3) is 0 Å². The van der Waals surface area contributed by atoms with E-state index < -0.39 is 6.10 Å². The number of primary amides is 1. The van der Waals surface area contributed by atoms with Gasteiger partial charge in [0.2, 0.25) is 5.91 Å². The molecule has 0 unspecified atom stereocenters. The summed E-state index contributed by atoms with van der Waals surface area (Å²) in [6.07, 6.45) is 3.90. The zero-order chi connectivity index (χ0) is 14.7. The molecular weight excluding hydrogens is 276 g/mol. The Kier molecular flexibility index (Phi) is 4.89. The molecule has 0 aromatic heterocycles. The number of aliphatic hydroxyl groups excluding tert-OH is 1. The van der Waals surface area contributed by atoms with Gasteiger partial charge < -0.3 is 15.7 Å². The first-order valence-corrected chi connectivity index (χ1v) is 7.39. The Balaban J connectivity index is 2.30. The number of nitrogens with zero attached hydrogens (tertiary/aromatic N) is 1. The summed E-state index contributed by atoms with van der Waals surface area (Å²) < 4.78 is 0. The normalized spacial score (nSPS) is 17.1. The van der Waals surface area contributed by atoms with Crippen molar-refractivity contribution in [3.63, 3.8) is 0 Å². The highest BCUT2D eigenvalue weighted by molar-refractivity contribution is 6.33. The molecule has 1 aliphatic carbocycles. The highest BCUT2D eigenvalue weighted by Crippen LogP contribution is 2.34. The number of anilines is 1. The van der Waals surface area contributed by atoms with E-state index in [0.717, 1.165) is 24.1 Å². The van der Waals surface area contributed by atoms with E-state index in [1.165, 1.54) is 12.8 Å². The van der Waals surface area contributed by atoms with Crippen LogP contribution in [0.5, 0.6) is 0 Å². The first-order chi connectivity index (χ1) is 9.49. The fourth-order valence-electron chi connectivity index (χ4n) is 2.81. The van der Waals surface area contributed by atoms with Crippen molar-refractivity contribution in [2.24, 2.45) is 5.73 Å². The molecule has 1 saturated carbocycles.